The van der Waals surface area contributed by atoms with Crippen LogP contribution in [-0.2, 0) is 0 Å². The Labute approximate surface area is 163 Å². The molecular weight excluding hydrogens is 352 g/mol. The molecule has 1 N–H and O–H groups in total. The van der Waals surface area contributed by atoms with E-state index in [1.807, 2.05) is 62.4 Å². The molecular formula is C23H20N2O3. The third-order valence-corrected chi connectivity index (χ3v) is 4.40. The van der Waals surface area contributed by atoms with Gasteiger partial charge >= 0.3 is 5.97 Å². The van der Waals surface area contributed by atoms with Crippen LogP contribution in [0.5, 0.6) is 11.5 Å². The molecule has 0 saturated heterocycles. The van der Waals surface area contributed by atoms with E-state index >= 15 is 0 Å². The Balaban J connectivity index is 1.64. The molecule has 0 amide bonds. The standard InChI is InChI=1S/C23H20N2O3/c1-3-27-21-14-17(22-24-18-6-4-5-7-19(18)25-22)12-13-20(21)28-23(26)16-10-8-15(2)9-11-16/h4-14H,3H2,1-2H3,(H,24,25). The maximum Gasteiger partial charge on any atom is 0.343 e. The Bertz CT molecular complexity index is 1100. The minimum atomic E-state index is -0.419. The Hall–Kier alpha value is -3.60. The van der Waals surface area contributed by atoms with E-state index in [1.54, 1.807) is 18.2 Å². The predicted molar refractivity (Wildman–Crippen MR) is 109 cm³/mol. The van der Waals surface area contributed by atoms with Crippen LogP contribution in [0.1, 0.15) is 22.8 Å². The van der Waals surface area contributed by atoms with Gasteiger partial charge in [0.25, 0.3) is 0 Å². The van der Waals surface area contributed by atoms with Crippen molar-refractivity contribution in [2.75, 3.05) is 6.61 Å². The second-order valence-electron chi connectivity index (χ2n) is 6.45. The molecule has 0 aliphatic heterocycles. The molecule has 0 aliphatic carbocycles. The molecule has 0 radical (unpaired) electrons. The van der Waals surface area contributed by atoms with Crippen LogP contribution in [0.2, 0.25) is 0 Å². The number of benzene rings is 3. The Kier molecular flexibility index (Phi) is 4.81. The first-order chi connectivity index (χ1) is 13.6. The zero-order chi connectivity index (χ0) is 19.5. The number of hydrogen-bond donors (Lipinski definition) is 1. The number of hydrogen-bond acceptors (Lipinski definition) is 4. The van der Waals surface area contributed by atoms with E-state index in [2.05, 4.69) is 9.97 Å². The largest absolute Gasteiger partial charge is 0.490 e. The first-order valence-electron chi connectivity index (χ1n) is 9.15. The minimum Gasteiger partial charge on any atom is -0.490 e. The molecule has 0 spiro atoms. The minimum absolute atomic E-state index is 0.382. The van der Waals surface area contributed by atoms with Gasteiger partial charge in [0.05, 0.1) is 23.2 Å². The number of rotatable bonds is 5. The number of nitrogens with zero attached hydrogens (tertiary/aromatic N) is 1. The van der Waals surface area contributed by atoms with Gasteiger partial charge in [0.1, 0.15) is 5.82 Å². The van der Waals surface area contributed by atoms with Gasteiger partial charge in [-0.1, -0.05) is 29.8 Å². The predicted octanol–water partition coefficient (Wildman–Crippen LogP) is 5.16. The van der Waals surface area contributed by atoms with Crippen LogP contribution in [0.3, 0.4) is 0 Å². The lowest BCUT2D eigenvalue weighted by atomic mass is 10.1. The number of fused-ring (bicyclic) bond motifs is 1. The molecule has 5 nitrogen and oxygen atoms in total. The molecule has 0 aliphatic rings. The lowest BCUT2D eigenvalue weighted by Gasteiger charge is -2.12. The molecule has 0 bridgehead atoms. The Morgan fingerprint density at radius 1 is 1.00 bits per heavy atom. The summed E-state index contributed by atoms with van der Waals surface area (Å²) in [7, 11) is 0. The quantitative estimate of drug-likeness (QED) is 0.388. The number of aromatic nitrogens is 2. The van der Waals surface area contributed by atoms with E-state index in [-0.39, 0.29) is 0 Å². The van der Waals surface area contributed by atoms with Gasteiger partial charge in [0.2, 0.25) is 0 Å². The average Bonchev–Trinajstić information content (AvgIpc) is 3.14. The van der Waals surface area contributed by atoms with Crippen molar-refractivity contribution in [3.05, 3.63) is 77.9 Å². The smallest absolute Gasteiger partial charge is 0.343 e. The molecule has 0 saturated carbocycles. The maximum absolute atomic E-state index is 12.5. The Morgan fingerprint density at radius 3 is 2.54 bits per heavy atom. The fourth-order valence-electron chi connectivity index (χ4n) is 2.95. The molecule has 0 unspecified atom stereocenters. The first-order valence-corrected chi connectivity index (χ1v) is 9.15. The molecule has 0 atom stereocenters. The lowest BCUT2D eigenvalue weighted by Crippen LogP contribution is -2.09. The summed E-state index contributed by atoms with van der Waals surface area (Å²) in [6, 6.07) is 20.5. The van der Waals surface area contributed by atoms with Gasteiger partial charge in [0, 0.05) is 5.56 Å². The molecule has 3 aromatic carbocycles. The van der Waals surface area contributed by atoms with Crippen LogP contribution in [0.4, 0.5) is 0 Å². The molecule has 4 rings (SSSR count). The first kappa shape index (κ1) is 17.8. The fraction of sp³-hybridized carbons (Fsp3) is 0.130. The number of nitrogens with one attached hydrogen (secondary N) is 1. The summed E-state index contributed by atoms with van der Waals surface area (Å²) in [5, 5.41) is 0. The number of ether oxygens (including phenoxy) is 2. The zero-order valence-corrected chi connectivity index (χ0v) is 15.7. The van der Waals surface area contributed by atoms with Crippen LogP contribution >= 0.6 is 0 Å². The van der Waals surface area contributed by atoms with Crippen LogP contribution in [0, 0.1) is 6.92 Å². The number of H-pyrrole nitrogens is 1. The van der Waals surface area contributed by atoms with Gasteiger partial charge in [0.15, 0.2) is 11.5 Å². The highest BCUT2D eigenvalue weighted by atomic mass is 16.6. The average molecular weight is 372 g/mol. The van der Waals surface area contributed by atoms with Crippen LogP contribution in [-0.4, -0.2) is 22.5 Å². The van der Waals surface area contributed by atoms with Crippen LogP contribution < -0.4 is 9.47 Å². The number of imidazole rings is 1. The Morgan fingerprint density at radius 2 is 1.79 bits per heavy atom. The van der Waals surface area contributed by atoms with E-state index < -0.39 is 5.97 Å². The van der Waals surface area contributed by atoms with Crippen molar-refractivity contribution in [2.24, 2.45) is 0 Å². The SMILES string of the molecule is CCOc1cc(-c2nc3ccccc3[nH]2)ccc1OC(=O)c1ccc(C)cc1. The van der Waals surface area contributed by atoms with Gasteiger partial charge in [-0.15, -0.1) is 0 Å². The molecule has 0 fully saturated rings. The molecule has 5 heteroatoms. The van der Waals surface area contributed by atoms with E-state index in [9.17, 15) is 4.79 Å². The summed E-state index contributed by atoms with van der Waals surface area (Å²) < 4.78 is 11.3. The van der Waals surface area contributed by atoms with Gasteiger partial charge in [-0.2, -0.15) is 0 Å². The van der Waals surface area contributed by atoms with E-state index in [0.717, 1.165) is 28.0 Å². The number of carbonyl (C=O) groups is 1. The van der Waals surface area contributed by atoms with Gasteiger partial charge in [-0.25, -0.2) is 9.78 Å². The fourth-order valence-corrected chi connectivity index (χ4v) is 2.95. The van der Waals surface area contributed by atoms with Gasteiger partial charge in [-0.05, 0) is 56.3 Å². The number of aryl methyl sites for hydroxylation is 1. The highest BCUT2D eigenvalue weighted by Gasteiger charge is 2.15. The van der Waals surface area contributed by atoms with Crippen molar-refractivity contribution < 1.29 is 14.3 Å². The summed E-state index contributed by atoms with van der Waals surface area (Å²) in [4.78, 5) is 20.4. The van der Waals surface area contributed by atoms with Crippen molar-refractivity contribution in [1.82, 2.24) is 9.97 Å². The second-order valence-corrected chi connectivity index (χ2v) is 6.45. The highest BCUT2D eigenvalue weighted by Crippen LogP contribution is 2.33. The maximum atomic E-state index is 12.5. The van der Waals surface area contributed by atoms with Crippen molar-refractivity contribution in [2.45, 2.75) is 13.8 Å². The summed E-state index contributed by atoms with van der Waals surface area (Å²) in [6.07, 6.45) is 0. The number of carbonyl (C=O) groups excluding carboxylic acids is 1. The van der Waals surface area contributed by atoms with Crippen molar-refractivity contribution in [1.29, 1.82) is 0 Å². The van der Waals surface area contributed by atoms with Crippen molar-refractivity contribution in [3.8, 4) is 22.9 Å². The van der Waals surface area contributed by atoms with Gasteiger partial charge in [-0.3, -0.25) is 0 Å². The van der Waals surface area contributed by atoms with E-state index in [0.29, 0.717) is 23.7 Å². The van der Waals surface area contributed by atoms with Crippen LogP contribution in [0.25, 0.3) is 22.4 Å². The normalized spacial score (nSPS) is 10.8. The monoisotopic (exact) mass is 372 g/mol. The second kappa shape index (κ2) is 7.56. The van der Waals surface area contributed by atoms with E-state index in [1.165, 1.54) is 0 Å². The topological polar surface area (TPSA) is 64.2 Å². The summed E-state index contributed by atoms with van der Waals surface area (Å²) in [6.45, 7) is 4.32. The highest BCUT2D eigenvalue weighted by molar-refractivity contribution is 5.91. The van der Waals surface area contributed by atoms with Crippen molar-refractivity contribution in [3.63, 3.8) is 0 Å². The van der Waals surface area contributed by atoms with Crippen molar-refractivity contribution >= 4 is 17.0 Å². The third kappa shape index (κ3) is 3.60. The summed E-state index contributed by atoms with van der Waals surface area (Å²) in [5.74, 6) is 1.20. The molecule has 4 aromatic rings. The number of para-hydroxylation sites is 2. The number of esters is 1. The van der Waals surface area contributed by atoms with E-state index in [4.69, 9.17) is 9.47 Å². The summed E-state index contributed by atoms with van der Waals surface area (Å²) >= 11 is 0. The molecule has 28 heavy (non-hydrogen) atoms. The lowest BCUT2D eigenvalue weighted by molar-refractivity contribution is 0.0728. The third-order valence-electron chi connectivity index (χ3n) is 4.40. The molecule has 140 valence electrons. The summed E-state index contributed by atoms with van der Waals surface area (Å²) in [5.41, 5.74) is 4.29. The molecule has 1 heterocycles. The van der Waals surface area contributed by atoms with Gasteiger partial charge < -0.3 is 14.5 Å². The number of aromatic amines is 1. The van der Waals surface area contributed by atoms with Crippen LogP contribution in [0.15, 0.2) is 66.7 Å². The molecule has 1 aromatic heterocycles. The zero-order valence-electron chi connectivity index (χ0n) is 15.7.